The first-order chi connectivity index (χ1) is 7.52. The number of esters is 1. The van der Waals surface area contributed by atoms with Crippen LogP contribution in [0.15, 0.2) is 12.4 Å². The summed E-state index contributed by atoms with van der Waals surface area (Å²) in [6, 6.07) is 3.22. The molecule has 0 unspecified atom stereocenters. The first-order valence-electron chi connectivity index (χ1n) is 4.06. The van der Waals surface area contributed by atoms with Gasteiger partial charge in [0.05, 0.1) is 12.1 Å². The molecule has 0 aromatic heterocycles. The molecular formula is C9H8FN3O3. The second-order valence-corrected chi connectivity index (χ2v) is 2.57. The maximum Gasteiger partial charge on any atom is 0.397 e. The van der Waals surface area contributed by atoms with Gasteiger partial charge in [-0.1, -0.05) is 6.58 Å². The van der Waals surface area contributed by atoms with Gasteiger partial charge in [-0.15, -0.1) is 0 Å². The molecule has 0 aliphatic carbocycles. The van der Waals surface area contributed by atoms with Crippen LogP contribution in [-0.2, 0) is 14.3 Å². The molecule has 0 saturated heterocycles. The van der Waals surface area contributed by atoms with E-state index in [2.05, 4.69) is 11.3 Å². The van der Waals surface area contributed by atoms with Gasteiger partial charge in [-0.25, -0.2) is 9.18 Å². The number of ether oxygens (including phenoxy) is 1. The zero-order chi connectivity index (χ0) is 12.6. The average Bonchev–Trinajstić information content (AvgIpc) is 2.24. The summed E-state index contributed by atoms with van der Waals surface area (Å²) in [6.07, 6.45) is 0. The van der Waals surface area contributed by atoms with Gasteiger partial charge in [0.25, 0.3) is 0 Å². The Morgan fingerprint density at radius 3 is 2.19 bits per heavy atom. The maximum atomic E-state index is 12.1. The molecular weight excluding hydrogens is 217 g/mol. The molecule has 0 heterocycles. The summed E-state index contributed by atoms with van der Waals surface area (Å²) in [4.78, 5) is 22.9. The largest absolute Gasteiger partial charge is 0.451 e. The molecule has 0 atom stereocenters. The summed E-state index contributed by atoms with van der Waals surface area (Å²) in [6.45, 7) is 1.27. The van der Waals surface area contributed by atoms with Crippen molar-refractivity contribution in [3.8, 4) is 12.1 Å². The van der Waals surface area contributed by atoms with E-state index in [0.29, 0.717) is 4.90 Å². The van der Waals surface area contributed by atoms with Gasteiger partial charge in [0.15, 0.2) is 0 Å². The quantitative estimate of drug-likeness (QED) is 0.378. The minimum atomic E-state index is -1.33. The van der Waals surface area contributed by atoms with Crippen molar-refractivity contribution in [2.24, 2.45) is 0 Å². The van der Waals surface area contributed by atoms with Crippen LogP contribution in [-0.4, -0.2) is 36.5 Å². The van der Waals surface area contributed by atoms with Crippen molar-refractivity contribution in [1.29, 1.82) is 10.5 Å². The highest BCUT2D eigenvalue weighted by Crippen LogP contribution is 1.96. The van der Waals surface area contributed by atoms with Crippen LogP contribution in [0.3, 0.4) is 0 Å². The fraction of sp³-hybridized carbons (Fsp3) is 0.333. The summed E-state index contributed by atoms with van der Waals surface area (Å²) < 4.78 is 16.3. The first kappa shape index (κ1) is 13.6. The maximum absolute atomic E-state index is 12.1. The van der Waals surface area contributed by atoms with E-state index in [0.717, 1.165) is 0 Å². The second kappa shape index (κ2) is 6.96. The Balaban J connectivity index is 4.39. The number of carbonyl (C=O) groups is 2. The third kappa shape index (κ3) is 4.72. The number of carbonyl (C=O) groups excluding carboxylic acids is 2. The fourth-order valence-electron chi connectivity index (χ4n) is 0.705. The minimum absolute atomic E-state index is 0.419. The molecule has 0 bridgehead atoms. The lowest BCUT2D eigenvalue weighted by Crippen LogP contribution is -2.38. The molecule has 0 fully saturated rings. The van der Waals surface area contributed by atoms with E-state index < -0.39 is 37.4 Å². The van der Waals surface area contributed by atoms with Crippen LogP contribution < -0.4 is 0 Å². The Hall–Kier alpha value is -2.41. The summed E-state index contributed by atoms with van der Waals surface area (Å²) in [5.41, 5.74) is 0. The molecule has 0 aromatic rings. The smallest absolute Gasteiger partial charge is 0.397 e. The van der Waals surface area contributed by atoms with E-state index in [1.165, 1.54) is 0 Å². The molecule has 0 saturated carbocycles. The van der Waals surface area contributed by atoms with E-state index in [1.54, 1.807) is 12.1 Å². The van der Waals surface area contributed by atoms with Crippen molar-refractivity contribution in [3.05, 3.63) is 12.4 Å². The Kier molecular flexibility index (Phi) is 5.91. The topological polar surface area (TPSA) is 94.2 Å². The van der Waals surface area contributed by atoms with Gasteiger partial charge in [0.1, 0.15) is 25.5 Å². The van der Waals surface area contributed by atoms with E-state index in [-0.39, 0.29) is 0 Å². The number of hydrogen-bond donors (Lipinski definition) is 0. The lowest BCUT2D eigenvalue weighted by molar-refractivity contribution is -0.159. The molecule has 0 spiro atoms. The third-order valence-corrected chi connectivity index (χ3v) is 1.34. The first-order valence-corrected chi connectivity index (χ1v) is 4.06. The van der Waals surface area contributed by atoms with Crippen molar-refractivity contribution in [3.63, 3.8) is 0 Å². The zero-order valence-corrected chi connectivity index (χ0v) is 8.27. The number of nitrogens with zero attached hydrogens (tertiary/aromatic N) is 3. The zero-order valence-electron chi connectivity index (χ0n) is 8.27. The standard InChI is InChI=1S/C9H8FN3O3/c1-7(10)6-16-9(15)8(14)13(4-2-11)5-3-12/h1,4-6H2. The highest BCUT2D eigenvalue weighted by molar-refractivity contribution is 6.32. The van der Waals surface area contributed by atoms with Gasteiger partial charge < -0.3 is 9.64 Å². The van der Waals surface area contributed by atoms with Gasteiger partial charge in [-0.05, 0) is 0 Å². The van der Waals surface area contributed by atoms with E-state index in [4.69, 9.17) is 10.5 Å². The van der Waals surface area contributed by atoms with Crippen LogP contribution in [0, 0.1) is 22.7 Å². The SMILES string of the molecule is C=C(F)COC(=O)C(=O)N(CC#N)CC#N. The van der Waals surface area contributed by atoms with Crippen LogP contribution in [0.4, 0.5) is 4.39 Å². The van der Waals surface area contributed by atoms with Gasteiger partial charge >= 0.3 is 11.9 Å². The number of hydrogen-bond acceptors (Lipinski definition) is 5. The number of amides is 1. The Morgan fingerprint density at radius 2 is 1.81 bits per heavy atom. The van der Waals surface area contributed by atoms with Crippen molar-refractivity contribution in [1.82, 2.24) is 4.90 Å². The molecule has 7 heteroatoms. The van der Waals surface area contributed by atoms with Gasteiger partial charge in [-0.3, -0.25) is 4.79 Å². The van der Waals surface area contributed by atoms with Crippen LogP contribution in [0.25, 0.3) is 0 Å². The lowest BCUT2D eigenvalue weighted by Gasteiger charge is -2.13. The minimum Gasteiger partial charge on any atom is -0.451 e. The summed E-state index contributed by atoms with van der Waals surface area (Å²) in [5.74, 6) is -3.40. The second-order valence-electron chi connectivity index (χ2n) is 2.57. The molecule has 0 rings (SSSR count). The summed E-state index contributed by atoms with van der Waals surface area (Å²) >= 11 is 0. The molecule has 0 radical (unpaired) electrons. The highest BCUT2D eigenvalue weighted by atomic mass is 19.1. The molecule has 84 valence electrons. The summed E-state index contributed by atoms with van der Waals surface area (Å²) in [5, 5.41) is 16.7. The predicted molar refractivity (Wildman–Crippen MR) is 49.0 cm³/mol. The Bertz CT molecular complexity index is 364. The monoisotopic (exact) mass is 225 g/mol. The molecule has 16 heavy (non-hydrogen) atoms. The van der Waals surface area contributed by atoms with Gasteiger partial charge in [-0.2, -0.15) is 10.5 Å². The molecule has 0 aromatic carbocycles. The van der Waals surface area contributed by atoms with E-state index in [9.17, 15) is 14.0 Å². The average molecular weight is 225 g/mol. The fourth-order valence-corrected chi connectivity index (χ4v) is 0.705. The molecule has 0 aliphatic heterocycles. The van der Waals surface area contributed by atoms with Gasteiger partial charge in [0, 0.05) is 0 Å². The van der Waals surface area contributed by atoms with Crippen molar-refractivity contribution in [2.75, 3.05) is 19.7 Å². The van der Waals surface area contributed by atoms with Crippen LogP contribution >= 0.6 is 0 Å². The predicted octanol–water partition coefficient (Wildman–Crippen LogP) is -0.111. The normalized spacial score (nSPS) is 8.44. The Labute approximate surface area is 91.1 Å². The molecule has 6 nitrogen and oxygen atoms in total. The number of nitriles is 2. The Morgan fingerprint density at radius 1 is 1.31 bits per heavy atom. The van der Waals surface area contributed by atoms with E-state index >= 15 is 0 Å². The van der Waals surface area contributed by atoms with Crippen molar-refractivity contribution < 1.29 is 18.7 Å². The van der Waals surface area contributed by atoms with Crippen molar-refractivity contribution in [2.45, 2.75) is 0 Å². The third-order valence-electron chi connectivity index (χ3n) is 1.34. The van der Waals surface area contributed by atoms with Crippen LogP contribution in [0.1, 0.15) is 0 Å². The lowest BCUT2D eigenvalue weighted by atomic mass is 10.4. The van der Waals surface area contributed by atoms with Gasteiger partial charge in [0.2, 0.25) is 0 Å². The van der Waals surface area contributed by atoms with Crippen LogP contribution in [0.5, 0.6) is 0 Å². The highest BCUT2D eigenvalue weighted by Gasteiger charge is 2.23. The van der Waals surface area contributed by atoms with Crippen molar-refractivity contribution >= 4 is 11.9 Å². The summed E-state index contributed by atoms with van der Waals surface area (Å²) in [7, 11) is 0. The van der Waals surface area contributed by atoms with Crippen LogP contribution in [0.2, 0.25) is 0 Å². The molecule has 0 aliphatic rings. The number of halogens is 1. The van der Waals surface area contributed by atoms with E-state index in [1.807, 2.05) is 0 Å². The molecule has 1 amide bonds. The molecule has 0 N–H and O–H groups in total. The number of rotatable bonds is 4.